The molecule has 0 amide bonds. The number of nitrogens with zero attached hydrogens (tertiary/aromatic N) is 1. The average Bonchev–Trinajstić information content (AvgIpc) is 2.33. The van der Waals surface area contributed by atoms with Crippen molar-refractivity contribution in [1.29, 1.82) is 0 Å². The topological polar surface area (TPSA) is 35.5 Å². The van der Waals surface area contributed by atoms with Crippen LogP contribution in [-0.2, 0) is 0 Å². The summed E-state index contributed by atoms with van der Waals surface area (Å²) in [6.07, 6.45) is 0.851. The first-order chi connectivity index (χ1) is 9.02. The molecule has 0 aromatic heterocycles. The summed E-state index contributed by atoms with van der Waals surface area (Å²) in [5.41, 5.74) is -0.261. The predicted molar refractivity (Wildman–Crippen MR) is 72.0 cm³/mol. The second-order valence-electron chi connectivity index (χ2n) is 4.87. The highest BCUT2D eigenvalue weighted by molar-refractivity contribution is 5.22. The van der Waals surface area contributed by atoms with Crippen LogP contribution in [0.3, 0.4) is 0 Å². The van der Waals surface area contributed by atoms with Crippen molar-refractivity contribution in [1.82, 2.24) is 10.2 Å². The first-order valence-corrected chi connectivity index (χ1v) is 6.49. The molecule has 1 aromatic rings. The molecule has 1 unspecified atom stereocenters. The van der Waals surface area contributed by atoms with Crippen molar-refractivity contribution in [2.24, 2.45) is 0 Å². The van der Waals surface area contributed by atoms with Gasteiger partial charge in [0.1, 0.15) is 11.6 Å². The first kappa shape index (κ1) is 16.0. The third-order valence-electron chi connectivity index (χ3n) is 2.88. The van der Waals surface area contributed by atoms with Crippen LogP contribution in [0.5, 0.6) is 0 Å². The van der Waals surface area contributed by atoms with Crippen LogP contribution in [0.15, 0.2) is 18.2 Å². The van der Waals surface area contributed by atoms with Crippen molar-refractivity contribution in [3.05, 3.63) is 35.4 Å². The average molecular weight is 272 g/mol. The second kappa shape index (κ2) is 8.19. The Morgan fingerprint density at radius 3 is 2.42 bits per heavy atom. The fourth-order valence-corrected chi connectivity index (χ4v) is 1.85. The lowest BCUT2D eigenvalue weighted by Gasteiger charge is -2.14. The molecule has 1 rings (SSSR count). The Labute approximate surface area is 113 Å². The van der Waals surface area contributed by atoms with Gasteiger partial charge in [-0.2, -0.15) is 0 Å². The van der Waals surface area contributed by atoms with E-state index in [4.69, 9.17) is 0 Å². The van der Waals surface area contributed by atoms with Crippen molar-refractivity contribution >= 4 is 0 Å². The summed E-state index contributed by atoms with van der Waals surface area (Å²) in [6.45, 7) is 1.88. The minimum Gasteiger partial charge on any atom is -0.387 e. The summed E-state index contributed by atoms with van der Waals surface area (Å²) in [6, 6.07) is 3.59. The molecule has 2 N–H and O–H groups in total. The lowest BCUT2D eigenvalue weighted by molar-refractivity contribution is 0.165. The van der Waals surface area contributed by atoms with E-state index in [2.05, 4.69) is 10.2 Å². The van der Waals surface area contributed by atoms with Gasteiger partial charge in [0.05, 0.1) is 11.7 Å². The third kappa shape index (κ3) is 5.63. The zero-order valence-electron chi connectivity index (χ0n) is 11.5. The molecule has 0 heterocycles. The Balaban J connectivity index is 2.30. The number of nitrogens with one attached hydrogen (secondary N) is 1. The highest BCUT2D eigenvalue weighted by Gasteiger charge is 2.16. The Morgan fingerprint density at radius 1 is 1.21 bits per heavy atom. The maximum atomic E-state index is 13.4. The molecule has 5 heteroatoms. The summed E-state index contributed by atoms with van der Waals surface area (Å²) in [5.74, 6) is -1.41. The zero-order chi connectivity index (χ0) is 14.3. The molecule has 0 saturated carbocycles. The fourth-order valence-electron chi connectivity index (χ4n) is 1.85. The number of aliphatic hydroxyl groups is 1. The normalized spacial score (nSPS) is 12.9. The van der Waals surface area contributed by atoms with Crippen LogP contribution in [-0.4, -0.2) is 43.7 Å². The highest BCUT2D eigenvalue weighted by Crippen LogP contribution is 2.19. The van der Waals surface area contributed by atoms with Gasteiger partial charge in [-0.1, -0.05) is 6.07 Å². The quantitative estimate of drug-likeness (QED) is 0.710. The number of benzene rings is 1. The lowest BCUT2D eigenvalue weighted by Crippen LogP contribution is -2.24. The van der Waals surface area contributed by atoms with E-state index in [1.807, 2.05) is 14.1 Å². The maximum absolute atomic E-state index is 13.4. The largest absolute Gasteiger partial charge is 0.387 e. The highest BCUT2D eigenvalue weighted by atomic mass is 19.1. The molecular formula is C14H22F2N2O. The van der Waals surface area contributed by atoms with Crippen molar-refractivity contribution in [2.45, 2.75) is 18.9 Å². The maximum Gasteiger partial charge on any atom is 0.131 e. The first-order valence-electron chi connectivity index (χ1n) is 6.49. The third-order valence-corrected chi connectivity index (χ3v) is 2.88. The number of aliphatic hydroxyl groups excluding tert-OH is 1. The smallest absolute Gasteiger partial charge is 0.131 e. The van der Waals surface area contributed by atoms with E-state index >= 15 is 0 Å². The van der Waals surface area contributed by atoms with Crippen molar-refractivity contribution in [3.8, 4) is 0 Å². The summed E-state index contributed by atoms with van der Waals surface area (Å²) in [4.78, 5) is 2.10. The summed E-state index contributed by atoms with van der Waals surface area (Å²) >= 11 is 0. The zero-order valence-corrected chi connectivity index (χ0v) is 11.5. The predicted octanol–water partition coefficient (Wildman–Crippen LogP) is 1.93. The monoisotopic (exact) mass is 272 g/mol. The molecule has 3 nitrogen and oxygen atoms in total. The van der Waals surface area contributed by atoms with E-state index < -0.39 is 17.7 Å². The molecule has 108 valence electrons. The van der Waals surface area contributed by atoms with Gasteiger partial charge in [-0.15, -0.1) is 0 Å². The Kier molecular flexibility index (Phi) is 6.91. The number of unbranched alkanes of at least 4 members (excludes halogenated alkanes) is 1. The number of rotatable bonds is 8. The molecule has 0 aliphatic heterocycles. The van der Waals surface area contributed by atoms with Crippen molar-refractivity contribution in [3.63, 3.8) is 0 Å². The SMILES string of the molecule is CN(C)CCCCNCC(O)c1c(F)cccc1F. The van der Waals surface area contributed by atoms with Crippen molar-refractivity contribution in [2.75, 3.05) is 33.7 Å². The van der Waals surface area contributed by atoms with Gasteiger partial charge in [0, 0.05) is 6.54 Å². The summed E-state index contributed by atoms with van der Waals surface area (Å²) < 4.78 is 26.8. The Hall–Kier alpha value is -1.04. The molecule has 0 spiro atoms. The van der Waals surface area contributed by atoms with Gasteiger partial charge in [-0.3, -0.25) is 0 Å². The summed E-state index contributed by atoms with van der Waals surface area (Å²) in [7, 11) is 4.02. The van der Waals surface area contributed by atoms with Gasteiger partial charge >= 0.3 is 0 Å². The minimum absolute atomic E-state index is 0.153. The van der Waals surface area contributed by atoms with E-state index in [1.165, 1.54) is 6.07 Å². The second-order valence-corrected chi connectivity index (χ2v) is 4.87. The van der Waals surface area contributed by atoms with Gasteiger partial charge in [-0.25, -0.2) is 8.78 Å². The minimum atomic E-state index is -1.16. The van der Waals surface area contributed by atoms with Crippen LogP contribution >= 0.6 is 0 Å². The number of hydrogen-bond donors (Lipinski definition) is 2. The lowest BCUT2D eigenvalue weighted by atomic mass is 10.1. The van der Waals surface area contributed by atoms with Crippen LogP contribution in [0.25, 0.3) is 0 Å². The van der Waals surface area contributed by atoms with E-state index in [9.17, 15) is 13.9 Å². The van der Waals surface area contributed by atoms with E-state index in [1.54, 1.807) is 0 Å². The van der Waals surface area contributed by atoms with Gasteiger partial charge < -0.3 is 15.3 Å². The molecule has 0 aliphatic rings. The number of halogens is 2. The molecule has 0 bridgehead atoms. The van der Waals surface area contributed by atoms with E-state index in [0.717, 1.165) is 38.1 Å². The van der Waals surface area contributed by atoms with Crippen LogP contribution in [0.1, 0.15) is 24.5 Å². The molecule has 1 aromatic carbocycles. The van der Waals surface area contributed by atoms with E-state index in [0.29, 0.717) is 0 Å². The molecular weight excluding hydrogens is 250 g/mol. The van der Waals surface area contributed by atoms with Gasteiger partial charge in [0.2, 0.25) is 0 Å². The fraction of sp³-hybridized carbons (Fsp3) is 0.571. The molecule has 1 atom stereocenters. The van der Waals surface area contributed by atoms with Gasteiger partial charge in [0.15, 0.2) is 0 Å². The Morgan fingerprint density at radius 2 is 1.84 bits per heavy atom. The molecule has 0 fully saturated rings. The van der Waals surface area contributed by atoms with Crippen LogP contribution in [0.4, 0.5) is 8.78 Å². The molecule has 19 heavy (non-hydrogen) atoms. The summed E-state index contributed by atoms with van der Waals surface area (Å²) in [5, 5.41) is 12.8. The Bertz CT molecular complexity index is 365. The molecule has 0 saturated heterocycles. The number of hydrogen-bond acceptors (Lipinski definition) is 3. The van der Waals surface area contributed by atoms with Crippen LogP contribution in [0.2, 0.25) is 0 Å². The van der Waals surface area contributed by atoms with Crippen LogP contribution in [0, 0.1) is 11.6 Å². The van der Waals surface area contributed by atoms with Crippen molar-refractivity contribution < 1.29 is 13.9 Å². The van der Waals surface area contributed by atoms with Gasteiger partial charge in [-0.05, 0) is 52.2 Å². The standard InChI is InChI=1S/C14H22F2N2O/c1-18(2)9-4-3-8-17-10-13(19)14-11(15)6-5-7-12(14)16/h5-7,13,17,19H,3-4,8-10H2,1-2H3. The molecule has 0 radical (unpaired) electrons. The molecule has 0 aliphatic carbocycles. The van der Waals surface area contributed by atoms with Gasteiger partial charge in [0.25, 0.3) is 0 Å². The van der Waals surface area contributed by atoms with Crippen LogP contribution < -0.4 is 5.32 Å². The van der Waals surface area contributed by atoms with E-state index in [-0.39, 0.29) is 12.1 Å².